The Morgan fingerprint density at radius 2 is 1.95 bits per heavy atom. The molecule has 0 aromatic heterocycles. The quantitative estimate of drug-likeness (QED) is 0.859. The number of hydrogen-bond acceptors (Lipinski definition) is 3. The van der Waals surface area contributed by atoms with Crippen LogP contribution in [0.4, 0.5) is 10.1 Å². The van der Waals surface area contributed by atoms with E-state index in [1.165, 1.54) is 12.1 Å². The van der Waals surface area contributed by atoms with Gasteiger partial charge in [0, 0.05) is 11.6 Å². The summed E-state index contributed by atoms with van der Waals surface area (Å²) in [5, 5.41) is 0. The van der Waals surface area contributed by atoms with Gasteiger partial charge in [0.1, 0.15) is 23.9 Å². The number of benzene rings is 2. The van der Waals surface area contributed by atoms with Crippen molar-refractivity contribution in [3.8, 4) is 11.5 Å². The fourth-order valence-electron chi connectivity index (χ4n) is 1.78. The largest absolute Gasteiger partial charge is 0.496 e. The van der Waals surface area contributed by atoms with Gasteiger partial charge in [-0.2, -0.15) is 0 Å². The van der Waals surface area contributed by atoms with Crippen molar-refractivity contribution in [1.29, 1.82) is 0 Å². The van der Waals surface area contributed by atoms with Crippen molar-refractivity contribution in [2.75, 3.05) is 12.8 Å². The van der Waals surface area contributed by atoms with E-state index in [1.54, 1.807) is 13.2 Å². The molecule has 4 heteroatoms. The summed E-state index contributed by atoms with van der Waals surface area (Å²) in [6, 6.07) is 10.2. The number of halogens is 1. The SMILES string of the molecule is COc1ccc(C)cc1COc1ccc(N)c(F)c1. The van der Waals surface area contributed by atoms with Gasteiger partial charge < -0.3 is 15.2 Å². The zero-order valence-corrected chi connectivity index (χ0v) is 10.9. The lowest BCUT2D eigenvalue weighted by molar-refractivity contribution is 0.295. The zero-order chi connectivity index (χ0) is 13.8. The molecule has 0 spiro atoms. The molecule has 0 saturated carbocycles. The van der Waals surface area contributed by atoms with Gasteiger partial charge in [0.25, 0.3) is 0 Å². The Morgan fingerprint density at radius 1 is 1.16 bits per heavy atom. The average molecular weight is 261 g/mol. The van der Waals surface area contributed by atoms with E-state index in [0.717, 1.165) is 16.9 Å². The van der Waals surface area contributed by atoms with Crippen LogP contribution < -0.4 is 15.2 Å². The monoisotopic (exact) mass is 261 g/mol. The first kappa shape index (κ1) is 13.2. The highest BCUT2D eigenvalue weighted by molar-refractivity contribution is 5.43. The highest BCUT2D eigenvalue weighted by Gasteiger charge is 2.06. The summed E-state index contributed by atoms with van der Waals surface area (Å²) in [6.45, 7) is 2.31. The molecule has 0 amide bonds. The lowest BCUT2D eigenvalue weighted by Crippen LogP contribution is -2.00. The third-order valence-electron chi connectivity index (χ3n) is 2.80. The average Bonchev–Trinajstić information content (AvgIpc) is 2.40. The number of nitrogen functional groups attached to an aromatic ring is 1. The highest BCUT2D eigenvalue weighted by Crippen LogP contribution is 2.23. The summed E-state index contributed by atoms with van der Waals surface area (Å²) in [5.41, 5.74) is 7.55. The van der Waals surface area contributed by atoms with Crippen LogP contribution in [0, 0.1) is 12.7 Å². The van der Waals surface area contributed by atoms with E-state index in [0.29, 0.717) is 12.4 Å². The number of aryl methyl sites for hydroxylation is 1. The van der Waals surface area contributed by atoms with Crippen LogP contribution in [0.2, 0.25) is 0 Å². The lowest BCUT2D eigenvalue weighted by atomic mass is 10.1. The molecule has 2 aromatic carbocycles. The Labute approximate surface area is 111 Å². The molecule has 0 saturated heterocycles. The van der Waals surface area contributed by atoms with Crippen LogP contribution in [0.15, 0.2) is 36.4 Å². The number of nitrogens with two attached hydrogens (primary N) is 1. The summed E-state index contributed by atoms with van der Waals surface area (Å²) in [7, 11) is 1.61. The van der Waals surface area contributed by atoms with E-state index < -0.39 is 5.82 Å². The van der Waals surface area contributed by atoms with Crippen molar-refractivity contribution in [3.05, 3.63) is 53.3 Å². The Bertz CT molecular complexity index is 584. The lowest BCUT2D eigenvalue weighted by Gasteiger charge is -2.11. The summed E-state index contributed by atoms with van der Waals surface area (Å²) in [6.07, 6.45) is 0. The van der Waals surface area contributed by atoms with Crippen LogP contribution >= 0.6 is 0 Å². The predicted octanol–water partition coefficient (Wildman–Crippen LogP) is 3.30. The molecule has 2 rings (SSSR count). The smallest absolute Gasteiger partial charge is 0.149 e. The molecule has 2 aromatic rings. The molecule has 0 aliphatic heterocycles. The van der Waals surface area contributed by atoms with E-state index in [2.05, 4.69) is 0 Å². The standard InChI is InChI=1S/C15H16FNO2/c1-10-3-6-15(18-2)11(7-10)9-19-12-4-5-14(17)13(16)8-12/h3-8H,9,17H2,1-2H3. The number of hydrogen-bond donors (Lipinski definition) is 1. The molecule has 100 valence electrons. The van der Waals surface area contributed by atoms with E-state index in [9.17, 15) is 4.39 Å². The molecular weight excluding hydrogens is 245 g/mol. The molecule has 0 unspecified atom stereocenters. The Hall–Kier alpha value is -2.23. The van der Waals surface area contributed by atoms with Crippen molar-refractivity contribution in [1.82, 2.24) is 0 Å². The molecule has 0 atom stereocenters. The topological polar surface area (TPSA) is 44.5 Å². The Balaban J connectivity index is 2.13. The fourth-order valence-corrected chi connectivity index (χ4v) is 1.78. The van der Waals surface area contributed by atoms with Crippen molar-refractivity contribution < 1.29 is 13.9 Å². The predicted molar refractivity (Wildman–Crippen MR) is 72.9 cm³/mol. The molecule has 3 nitrogen and oxygen atoms in total. The molecule has 0 heterocycles. The minimum atomic E-state index is -0.478. The first-order valence-corrected chi connectivity index (χ1v) is 5.91. The van der Waals surface area contributed by atoms with Gasteiger partial charge in [0.05, 0.1) is 12.8 Å². The molecule has 2 N–H and O–H groups in total. The maximum Gasteiger partial charge on any atom is 0.149 e. The van der Waals surface area contributed by atoms with Crippen molar-refractivity contribution in [2.45, 2.75) is 13.5 Å². The van der Waals surface area contributed by atoms with Crippen LogP contribution in [0.1, 0.15) is 11.1 Å². The summed E-state index contributed by atoms with van der Waals surface area (Å²) in [4.78, 5) is 0. The molecule has 0 bridgehead atoms. The van der Waals surface area contributed by atoms with Gasteiger partial charge in [-0.3, -0.25) is 0 Å². The van der Waals surface area contributed by atoms with Crippen LogP contribution in [0.3, 0.4) is 0 Å². The summed E-state index contributed by atoms with van der Waals surface area (Å²) >= 11 is 0. The summed E-state index contributed by atoms with van der Waals surface area (Å²) < 4.78 is 24.1. The van der Waals surface area contributed by atoms with Crippen LogP contribution in [0.5, 0.6) is 11.5 Å². The number of methoxy groups -OCH3 is 1. The van der Waals surface area contributed by atoms with Crippen molar-refractivity contribution in [3.63, 3.8) is 0 Å². The van der Waals surface area contributed by atoms with E-state index >= 15 is 0 Å². The van der Waals surface area contributed by atoms with Crippen LogP contribution in [-0.2, 0) is 6.61 Å². The van der Waals surface area contributed by atoms with E-state index in [4.69, 9.17) is 15.2 Å². The molecule has 0 fully saturated rings. The maximum absolute atomic E-state index is 13.3. The normalized spacial score (nSPS) is 10.3. The zero-order valence-electron chi connectivity index (χ0n) is 10.9. The molecule has 19 heavy (non-hydrogen) atoms. The van der Waals surface area contributed by atoms with Gasteiger partial charge in [-0.05, 0) is 31.2 Å². The minimum absolute atomic E-state index is 0.112. The molecular formula is C15H16FNO2. The third-order valence-corrected chi connectivity index (χ3v) is 2.80. The van der Waals surface area contributed by atoms with Crippen LogP contribution in [-0.4, -0.2) is 7.11 Å². The fraction of sp³-hybridized carbons (Fsp3) is 0.200. The molecule has 0 aliphatic carbocycles. The highest BCUT2D eigenvalue weighted by atomic mass is 19.1. The Morgan fingerprint density at radius 3 is 2.63 bits per heavy atom. The minimum Gasteiger partial charge on any atom is -0.496 e. The second-order valence-electron chi connectivity index (χ2n) is 4.29. The number of anilines is 1. The van der Waals surface area contributed by atoms with Gasteiger partial charge in [-0.25, -0.2) is 4.39 Å². The second kappa shape index (κ2) is 5.61. The van der Waals surface area contributed by atoms with Gasteiger partial charge in [0.15, 0.2) is 0 Å². The first-order valence-electron chi connectivity index (χ1n) is 5.91. The van der Waals surface area contributed by atoms with E-state index in [-0.39, 0.29) is 5.69 Å². The number of rotatable bonds is 4. The van der Waals surface area contributed by atoms with Crippen LogP contribution in [0.25, 0.3) is 0 Å². The number of ether oxygens (including phenoxy) is 2. The second-order valence-corrected chi connectivity index (χ2v) is 4.29. The molecule has 0 aliphatic rings. The van der Waals surface area contributed by atoms with E-state index in [1.807, 2.05) is 25.1 Å². The van der Waals surface area contributed by atoms with Gasteiger partial charge in [-0.1, -0.05) is 11.6 Å². The summed E-state index contributed by atoms with van der Waals surface area (Å²) in [5.74, 6) is 0.713. The van der Waals surface area contributed by atoms with Gasteiger partial charge >= 0.3 is 0 Å². The van der Waals surface area contributed by atoms with Crippen molar-refractivity contribution in [2.24, 2.45) is 0 Å². The molecule has 0 radical (unpaired) electrons. The third kappa shape index (κ3) is 3.16. The van der Waals surface area contributed by atoms with Gasteiger partial charge in [0.2, 0.25) is 0 Å². The first-order chi connectivity index (χ1) is 9.10. The Kier molecular flexibility index (Phi) is 3.90. The maximum atomic E-state index is 13.3. The van der Waals surface area contributed by atoms with Gasteiger partial charge in [-0.15, -0.1) is 0 Å². The van der Waals surface area contributed by atoms with Crippen molar-refractivity contribution >= 4 is 5.69 Å².